The standard InChI is InChI=1S/C21H20FN3O2/c1-14-11-15(2)25(24-14)20-9-8-17(13-19(20)22)23-21(26)10-7-16-5-4-6-18(12-16)27-3/h4-13H,1-3H3,(H,23,26)/b10-7+. The summed E-state index contributed by atoms with van der Waals surface area (Å²) in [4.78, 5) is 12.1. The Kier molecular flexibility index (Phi) is 5.35. The molecule has 3 rings (SSSR count). The number of hydrogen-bond acceptors (Lipinski definition) is 3. The van der Waals surface area contributed by atoms with E-state index in [1.54, 1.807) is 30.0 Å². The van der Waals surface area contributed by atoms with E-state index in [1.165, 1.54) is 12.1 Å². The number of carbonyl (C=O) groups excluding carboxylic acids is 1. The molecule has 3 aromatic rings. The largest absolute Gasteiger partial charge is 0.497 e. The van der Waals surface area contributed by atoms with E-state index in [-0.39, 0.29) is 5.91 Å². The Morgan fingerprint density at radius 1 is 1.19 bits per heavy atom. The van der Waals surface area contributed by atoms with Gasteiger partial charge in [-0.2, -0.15) is 5.10 Å². The highest BCUT2D eigenvalue weighted by Crippen LogP contribution is 2.20. The molecule has 0 aliphatic heterocycles. The van der Waals surface area contributed by atoms with Gasteiger partial charge < -0.3 is 10.1 Å². The lowest BCUT2D eigenvalue weighted by atomic mass is 10.2. The van der Waals surface area contributed by atoms with E-state index >= 15 is 0 Å². The van der Waals surface area contributed by atoms with Gasteiger partial charge in [0.15, 0.2) is 5.82 Å². The summed E-state index contributed by atoms with van der Waals surface area (Å²) in [5.74, 6) is -0.105. The van der Waals surface area contributed by atoms with Crippen LogP contribution in [0.15, 0.2) is 54.6 Å². The summed E-state index contributed by atoms with van der Waals surface area (Å²) in [5.41, 5.74) is 3.19. The molecule has 27 heavy (non-hydrogen) atoms. The second kappa shape index (κ2) is 7.86. The van der Waals surface area contributed by atoms with Gasteiger partial charge in [-0.3, -0.25) is 4.79 Å². The Hall–Kier alpha value is -3.41. The smallest absolute Gasteiger partial charge is 0.248 e. The Labute approximate surface area is 157 Å². The van der Waals surface area contributed by atoms with Gasteiger partial charge in [0.05, 0.1) is 12.8 Å². The Morgan fingerprint density at radius 2 is 2.00 bits per heavy atom. The molecule has 0 aliphatic carbocycles. The zero-order valence-corrected chi connectivity index (χ0v) is 15.4. The molecule has 1 heterocycles. The fraction of sp³-hybridized carbons (Fsp3) is 0.143. The van der Waals surface area contributed by atoms with Crippen LogP contribution >= 0.6 is 0 Å². The monoisotopic (exact) mass is 365 g/mol. The normalized spacial score (nSPS) is 11.0. The van der Waals surface area contributed by atoms with Crippen LogP contribution in [0, 0.1) is 19.7 Å². The Bertz CT molecular complexity index is 1010. The van der Waals surface area contributed by atoms with E-state index in [2.05, 4.69) is 10.4 Å². The minimum Gasteiger partial charge on any atom is -0.497 e. The number of rotatable bonds is 5. The first kappa shape index (κ1) is 18.4. The fourth-order valence-corrected chi connectivity index (χ4v) is 2.73. The zero-order chi connectivity index (χ0) is 19.4. The molecule has 0 atom stereocenters. The minimum atomic E-state index is -0.462. The van der Waals surface area contributed by atoms with E-state index in [1.807, 2.05) is 44.2 Å². The molecule has 0 unspecified atom stereocenters. The van der Waals surface area contributed by atoms with Crippen molar-refractivity contribution in [2.24, 2.45) is 0 Å². The molecule has 0 saturated heterocycles. The van der Waals surface area contributed by atoms with Crippen molar-refractivity contribution in [3.05, 3.63) is 77.4 Å². The summed E-state index contributed by atoms with van der Waals surface area (Å²) in [6.45, 7) is 3.71. The van der Waals surface area contributed by atoms with Crippen LogP contribution < -0.4 is 10.1 Å². The zero-order valence-electron chi connectivity index (χ0n) is 15.4. The molecule has 1 N–H and O–H groups in total. The van der Waals surface area contributed by atoms with E-state index in [9.17, 15) is 9.18 Å². The molecular formula is C21H20FN3O2. The van der Waals surface area contributed by atoms with Gasteiger partial charge in [0.2, 0.25) is 5.91 Å². The second-order valence-electron chi connectivity index (χ2n) is 6.10. The maximum Gasteiger partial charge on any atom is 0.248 e. The van der Waals surface area contributed by atoms with Crippen LogP contribution in [0.3, 0.4) is 0 Å². The Morgan fingerprint density at radius 3 is 2.67 bits per heavy atom. The summed E-state index contributed by atoms with van der Waals surface area (Å²) in [7, 11) is 1.58. The third-order valence-corrected chi connectivity index (χ3v) is 3.97. The average molecular weight is 365 g/mol. The molecule has 1 aromatic heterocycles. The van der Waals surface area contributed by atoms with Crippen molar-refractivity contribution >= 4 is 17.7 Å². The first-order valence-electron chi connectivity index (χ1n) is 8.42. The summed E-state index contributed by atoms with van der Waals surface area (Å²) in [6, 6.07) is 13.7. The van der Waals surface area contributed by atoms with Gasteiger partial charge in [0.1, 0.15) is 11.4 Å². The number of amides is 1. The molecule has 0 fully saturated rings. The van der Waals surface area contributed by atoms with Gasteiger partial charge in [-0.05, 0) is 61.9 Å². The van der Waals surface area contributed by atoms with Gasteiger partial charge in [-0.25, -0.2) is 9.07 Å². The van der Waals surface area contributed by atoms with Crippen molar-refractivity contribution in [2.75, 3.05) is 12.4 Å². The van der Waals surface area contributed by atoms with E-state index in [4.69, 9.17) is 4.74 Å². The quantitative estimate of drug-likeness (QED) is 0.686. The van der Waals surface area contributed by atoms with Crippen LogP contribution in [-0.2, 0) is 4.79 Å². The molecule has 0 spiro atoms. The van der Waals surface area contributed by atoms with E-state index < -0.39 is 5.82 Å². The average Bonchev–Trinajstić information content (AvgIpc) is 2.98. The van der Waals surface area contributed by atoms with Crippen molar-refractivity contribution in [2.45, 2.75) is 13.8 Å². The van der Waals surface area contributed by atoms with Gasteiger partial charge in [0.25, 0.3) is 0 Å². The van der Waals surface area contributed by atoms with Gasteiger partial charge >= 0.3 is 0 Å². The number of nitrogens with zero attached hydrogens (tertiary/aromatic N) is 2. The van der Waals surface area contributed by atoms with Crippen molar-refractivity contribution in [3.8, 4) is 11.4 Å². The van der Waals surface area contributed by atoms with Crippen LogP contribution in [0.5, 0.6) is 5.75 Å². The topological polar surface area (TPSA) is 56.1 Å². The van der Waals surface area contributed by atoms with Crippen LogP contribution in [0.2, 0.25) is 0 Å². The van der Waals surface area contributed by atoms with Crippen molar-refractivity contribution < 1.29 is 13.9 Å². The van der Waals surface area contributed by atoms with Crippen LogP contribution in [0.1, 0.15) is 17.0 Å². The maximum atomic E-state index is 14.5. The van der Waals surface area contributed by atoms with E-state index in [0.29, 0.717) is 17.1 Å². The number of carbonyl (C=O) groups is 1. The third-order valence-electron chi connectivity index (χ3n) is 3.97. The molecule has 5 nitrogen and oxygen atoms in total. The number of benzene rings is 2. The number of aryl methyl sites for hydroxylation is 2. The second-order valence-corrected chi connectivity index (χ2v) is 6.10. The highest BCUT2D eigenvalue weighted by Gasteiger charge is 2.10. The van der Waals surface area contributed by atoms with Crippen LogP contribution in [0.4, 0.5) is 10.1 Å². The number of anilines is 1. The Balaban J connectivity index is 1.72. The molecule has 138 valence electrons. The number of methoxy groups -OCH3 is 1. The highest BCUT2D eigenvalue weighted by molar-refractivity contribution is 6.02. The molecule has 1 amide bonds. The van der Waals surface area contributed by atoms with Gasteiger partial charge in [0, 0.05) is 17.5 Å². The SMILES string of the molecule is COc1cccc(/C=C/C(=O)Nc2ccc(-n3nc(C)cc3C)c(F)c2)c1. The van der Waals surface area contributed by atoms with E-state index in [0.717, 1.165) is 17.0 Å². The molecule has 2 aromatic carbocycles. The third kappa shape index (κ3) is 4.41. The molecule has 0 saturated carbocycles. The molecule has 6 heteroatoms. The summed E-state index contributed by atoms with van der Waals surface area (Å²) >= 11 is 0. The predicted molar refractivity (Wildman–Crippen MR) is 104 cm³/mol. The summed E-state index contributed by atoms with van der Waals surface area (Å²) in [5, 5.41) is 6.93. The van der Waals surface area contributed by atoms with Crippen molar-refractivity contribution in [3.63, 3.8) is 0 Å². The minimum absolute atomic E-state index is 0.338. The number of ether oxygens (including phenoxy) is 1. The number of aromatic nitrogens is 2. The first-order chi connectivity index (χ1) is 13.0. The number of halogens is 1. The maximum absolute atomic E-state index is 14.5. The lowest BCUT2D eigenvalue weighted by molar-refractivity contribution is -0.111. The number of nitrogens with one attached hydrogen (secondary N) is 1. The van der Waals surface area contributed by atoms with Gasteiger partial charge in [-0.15, -0.1) is 0 Å². The van der Waals surface area contributed by atoms with Gasteiger partial charge in [-0.1, -0.05) is 12.1 Å². The lowest BCUT2D eigenvalue weighted by Gasteiger charge is -2.08. The first-order valence-corrected chi connectivity index (χ1v) is 8.42. The fourth-order valence-electron chi connectivity index (χ4n) is 2.73. The molecule has 0 radical (unpaired) electrons. The summed E-state index contributed by atoms with van der Waals surface area (Å²) in [6.07, 6.45) is 3.06. The van der Waals surface area contributed by atoms with Crippen molar-refractivity contribution in [1.82, 2.24) is 9.78 Å². The number of hydrogen-bond donors (Lipinski definition) is 1. The lowest BCUT2D eigenvalue weighted by Crippen LogP contribution is -2.09. The summed E-state index contributed by atoms with van der Waals surface area (Å²) < 4.78 is 21.2. The predicted octanol–water partition coefficient (Wildman–Crippen LogP) is 4.29. The molecule has 0 aliphatic rings. The molecule has 0 bridgehead atoms. The van der Waals surface area contributed by atoms with Crippen LogP contribution in [-0.4, -0.2) is 22.8 Å². The van der Waals surface area contributed by atoms with Crippen LogP contribution in [0.25, 0.3) is 11.8 Å². The van der Waals surface area contributed by atoms with Crippen molar-refractivity contribution in [1.29, 1.82) is 0 Å². The highest BCUT2D eigenvalue weighted by atomic mass is 19.1. The molecular weight excluding hydrogens is 345 g/mol.